The van der Waals surface area contributed by atoms with Crippen LogP contribution in [0.15, 0.2) is 0 Å². The van der Waals surface area contributed by atoms with Gasteiger partial charge in [0.1, 0.15) is 0 Å². The molecule has 2 nitrogen and oxygen atoms in total. The second kappa shape index (κ2) is 6.38. The highest BCUT2D eigenvalue weighted by Gasteiger charge is 2.32. The van der Waals surface area contributed by atoms with E-state index in [1.54, 1.807) is 0 Å². The minimum Gasteiger partial charge on any atom is -0.330 e. The van der Waals surface area contributed by atoms with Crippen molar-refractivity contribution >= 4 is 0 Å². The molecule has 2 N–H and O–H groups in total. The monoisotopic (exact) mass is 252 g/mol. The Morgan fingerprint density at radius 2 is 1.94 bits per heavy atom. The Bertz CT molecular complexity index is 243. The van der Waals surface area contributed by atoms with Gasteiger partial charge in [0.15, 0.2) is 0 Å². The lowest BCUT2D eigenvalue weighted by atomic mass is 9.72. The maximum Gasteiger partial charge on any atom is 0.00126 e. The first-order chi connectivity index (χ1) is 8.65. The Hall–Kier alpha value is -0.0800. The highest BCUT2D eigenvalue weighted by molar-refractivity contribution is 4.86. The van der Waals surface area contributed by atoms with Crippen LogP contribution in [-0.2, 0) is 0 Å². The summed E-state index contributed by atoms with van der Waals surface area (Å²) in [5.41, 5.74) is 6.57. The first kappa shape index (κ1) is 14.3. The molecule has 0 aromatic heterocycles. The molecule has 0 spiro atoms. The lowest BCUT2D eigenvalue weighted by Gasteiger charge is -2.37. The summed E-state index contributed by atoms with van der Waals surface area (Å²) in [7, 11) is 0. The van der Waals surface area contributed by atoms with Gasteiger partial charge in [-0.05, 0) is 62.6 Å². The first-order valence-corrected chi connectivity index (χ1v) is 8.08. The van der Waals surface area contributed by atoms with Crippen molar-refractivity contribution in [2.75, 3.05) is 26.2 Å². The number of rotatable bonds is 5. The smallest absolute Gasteiger partial charge is 0.00126 e. The number of likely N-dealkylation sites (tertiary alicyclic amines) is 1. The minimum atomic E-state index is 0.494. The summed E-state index contributed by atoms with van der Waals surface area (Å²) in [6.07, 6.45) is 9.76. The van der Waals surface area contributed by atoms with E-state index in [-0.39, 0.29) is 0 Å². The molecule has 1 saturated heterocycles. The zero-order chi connectivity index (χ0) is 13.0. The molecule has 1 aliphatic carbocycles. The molecule has 1 atom stereocenters. The molecule has 0 amide bonds. The Morgan fingerprint density at radius 1 is 1.22 bits per heavy atom. The average molecular weight is 252 g/mol. The van der Waals surface area contributed by atoms with E-state index < -0.39 is 0 Å². The van der Waals surface area contributed by atoms with Gasteiger partial charge >= 0.3 is 0 Å². The summed E-state index contributed by atoms with van der Waals surface area (Å²) < 4.78 is 0. The van der Waals surface area contributed by atoms with Crippen LogP contribution >= 0.6 is 0 Å². The van der Waals surface area contributed by atoms with Crippen LogP contribution < -0.4 is 5.73 Å². The second-order valence-corrected chi connectivity index (χ2v) is 7.11. The fourth-order valence-electron chi connectivity index (χ4n) is 3.86. The summed E-state index contributed by atoms with van der Waals surface area (Å²) in [6.45, 7) is 9.60. The van der Waals surface area contributed by atoms with E-state index in [0.29, 0.717) is 5.41 Å². The Labute approximate surface area is 113 Å². The molecule has 2 aliphatic rings. The van der Waals surface area contributed by atoms with Crippen LogP contribution in [0, 0.1) is 17.3 Å². The fraction of sp³-hybridized carbons (Fsp3) is 1.00. The van der Waals surface area contributed by atoms with Gasteiger partial charge in [-0.2, -0.15) is 0 Å². The van der Waals surface area contributed by atoms with E-state index in [9.17, 15) is 0 Å². The van der Waals surface area contributed by atoms with Gasteiger partial charge in [-0.1, -0.05) is 33.1 Å². The summed E-state index contributed by atoms with van der Waals surface area (Å²) in [4.78, 5) is 2.69. The zero-order valence-electron chi connectivity index (χ0n) is 12.5. The summed E-state index contributed by atoms with van der Waals surface area (Å²) in [5, 5.41) is 0. The second-order valence-electron chi connectivity index (χ2n) is 7.11. The number of hydrogen-bond acceptors (Lipinski definition) is 2. The van der Waals surface area contributed by atoms with Crippen molar-refractivity contribution < 1.29 is 0 Å². The Morgan fingerprint density at radius 3 is 2.50 bits per heavy atom. The van der Waals surface area contributed by atoms with Gasteiger partial charge in [0.2, 0.25) is 0 Å². The zero-order valence-corrected chi connectivity index (χ0v) is 12.5. The Balaban J connectivity index is 1.77. The van der Waals surface area contributed by atoms with Crippen LogP contribution in [0.3, 0.4) is 0 Å². The molecule has 1 saturated carbocycles. The number of nitrogens with two attached hydrogens (primary N) is 1. The van der Waals surface area contributed by atoms with Crippen LogP contribution in [0.1, 0.15) is 58.8 Å². The van der Waals surface area contributed by atoms with Gasteiger partial charge < -0.3 is 10.6 Å². The topological polar surface area (TPSA) is 29.3 Å². The van der Waals surface area contributed by atoms with Crippen LogP contribution in [0.25, 0.3) is 0 Å². The molecule has 2 rings (SSSR count). The van der Waals surface area contributed by atoms with E-state index >= 15 is 0 Å². The van der Waals surface area contributed by atoms with Crippen LogP contribution in [-0.4, -0.2) is 31.1 Å². The molecule has 0 aromatic rings. The quantitative estimate of drug-likeness (QED) is 0.814. The van der Waals surface area contributed by atoms with Gasteiger partial charge in [-0.15, -0.1) is 0 Å². The molecule has 2 heteroatoms. The predicted molar refractivity (Wildman–Crippen MR) is 78.6 cm³/mol. The highest BCUT2D eigenvalue weighted by Crippen LogP contribution is 2.39. The van der Waals surface area contributed by atoms with Gasteiger partial charge in [-0.3, -0.25) is 0 Å². The molecule has 18 heavy (non-hydrogen) atoms. The molecule has 1 heterocycles. The van der Waals surface area contributed by atoms with E-state index in [4.69, 9.17) is 5.73 Å². The van der Waals surface area contributed by atoms with Crippen LogP contribution in [0.2, 0.25) is 0 Å². The first-order valence-electron chi connectivity index (χ1n) is 8.08. The van der Waals surface area contributed by atoms with Crippen molar-refractivity contribution in [3.63, 3.8) is 0 Å². The third kappa shape index (κ3) is 3.48. The van der Waals surface area contributed by atoms with Crippen molar-refractivity contribution in [3.05, 3.63) is 0 Å². The van der Waals surface area contributed by atoms with Gasteiger partial charge in [0, 0.05) is 6.54 Å². The third-order valence-electron chi connectivity index (χ3n) is 5.56. The molecule has 0 radical (unpaired) electrons. The third-order valence-corrected chi connectivity index (χ3v) is 5.56. The van der Waals surface area contributed by atoms with E-state index in [1.165, 1.54) is 64.6 Å². The van der Waals surface area contributed by atoms with Crippen molar-refractivity contribution in [2.24, 2.45) is 23.0 Å². The standard InChI is InChI=1S/C16H32N2/c1-14(2)15-6-10-18(12-15)11-9-16(13-17)7-4-3-5-8-16/h14-15H,3-13,17H2,1-2H3. The lowest BCUT2D eigenvalue weighted by molar-refractivity contribution is 0.153. The molecule has 2 fully saturated rings. The molecule has 0 aromatic carbocycles. The molecule has 1 unspecified atom stereocenters. The predicted octanol–water partition coefficient (Wildman–Crippen LogP) is 3.26. The minimum absolute atomic E-state index is 0.494. The molecule has 1 aliphatic heterocycles. The fourth-order valence-corrected chi connectivity index (χ4v) is 3.86. The van der Waals surface area contributed by atoms with Crippen molar-refractivity contribution in [3.8, 4) is 0 Å². The average Bonchev–Trinajstić information content (AvgIpc) is 2.87. The van der Waals surface area contributed by atoms with Crippen LogP contribution in [0.4, 0.5) is 0 Å². The van der Waals surface area contributed by atoms with E-state index in [1.807, 2.05) is 0 Å². The molecular formula is C16H32N2. The SMILES string of the molecule is CC(C)C1CCN(CCC2(CN)CCCCC2)C1. The number of hydrogen-bond donors (Lipinski definition) is 1. The van der Waals surface area contributed by atoms with Crippen molar-refractivity contribution in [1.29, 1.82) is 0 Å². The summed E-state index contributed by atoms with van der Waals surface area (Å²) in [5.74, 6) is 1.79. The van der Waals surface area contributed by atoms with Crippen molar-refractivity contribution in [2.45, 2.75) is 58.8 Å². The summed E-state index contributed by atoms with van der Waals surface area (Å²) in [6, 6.07) is 0. The Kier molecular flexibility index (Phi) is 5.08. The summed E-state index contributed by atoms with van der Waals surface area (Å²) >= 11 is 0. The maximum atomic E-state index is 6.08. The van der Waals surface area contributed by atoms with Crippen molar-refractivity contribution in [1.82, 2.24) is 4.90 Å². The molecular weight excluding hydrogens is 220 g/mol. The van der Waals surface area contributed by atoms with Gasteiger partial charge in [0.25, 0.3) is 0 Å². The van der Waals surface area contributed by atoms with E-state index in [2.05, 4.69) is 18.7 Å². The highest BCUT2D eigenvalue weighted by atomic mass is 15.1. The van der Waals surface area contributed by atoms with Gasteiger partial charge in [-0.25, -0.2) is 0 Å². The normalized spacial score (nSPS) is 29.0. The van der Waals surface area contributed by atoms with Crippen LogP contribution in [0.5, 0.6) is 0 Å². The van der Waals surface area contributed by atoms with Gasteiger partial charge in [0.05, 0.1) is 0 Å². The molecule has 106 valence electrons. The number of nitrogens with zero attached hydrogens (tertiary/aromatic N) is 1. The molecule has 0 bridgehead atoms. The maximum absolute atomic E-state index is 6.08. The van der Waals surface area contributed by atoms with E-state index in [0.717, 1.165) is 18.4 Å². The lowest BCUT2D eigenvalue weighted by Crippen LogP contribution is -2.36. The largest absolute Gasteiger partial charge is 0.330 e.